The van der Waals surface area contributed by atoms with E-state index in [-0.39, 0.29) is 5.97 Å². The fourth-order valence-corrected chi connectivity index (χ4v) is 0.749. The molecule has 0 bridgehead atoms. The summed E-state index contributed by atoms with van der Waals surface area (Å²) in [6.07, 6.45) is 1.07. The quantitative estimate of drug-likeness (QED) is 0.368. The summed E-state index contributed by atoms with van der Waals surface area (Å²) < 4.78 is 14.6. The zero-order valence-corrected chi connectivity index (χ0v) is 8.49. The largest absolute Gasteiger partial charge is 0.463 e. The van der Waals surface area contributed by atoms with Gasteiger partial charge < -0.3 is 14.2 Å². The number of ether oxygens (including phenoxy) is 3. The molecule has 0 rings (SSSR count). The van der Waals surface area contributed by atoms with Crippen LogP contribution in [0.4, 0.5) is 0 Å². The second kappa shape index (κ2) is 6.62. The third kappa shape index (κ3) is 4.65. The van der Waals surface area contributed by atoms with Gasteiger partial charge in [0.2, 0.25) is 0 Å². The Labute approximate surface area is 78.5 Å². The molecule has 0 spiro atoms. The van der Waals surface area contributed by atoms with Gasteiger partial charge in [-0.3, -0.25) is 0 Å². The number of methoxy groups -OCH3 is 2. The van der Waals surface area contributed by atoms with Crippen molar-refractivity contribution in [1.82, 2.24) is 0 Å². The van der Waals surface area contributed by atoms with Crippen molar-refractivity contribution in [2.45, 2.75) is 20.1 Å². The van der Waals surface area contributed by atoms with Crippen molar-refractivity contribution in [2.75, 3.05) is 20.8 Å². The summed E-state index contributed by atoms with van der Waals surface area (Å²) in [5, 5.41) is 0. The van der Waals surface area contributed by atoms with E-state index >= 15 is 0 Å². The third-order valence-corrected chi connectivity index (χ3v) is 1.45. The molecule has 0 atom stereocenters. The molecule has 0 amide bonds. The van der Waals surface area contributed by atoms with E-state index < -0.39 is 6.29 Å². The Hall–Kier alpha value is -0.870. The second-order valence-electron chi connectivity index (χ2n) is 2.41. The molecular weight excluding hydrogens is 172 g/mol. The molecule has 0 radical (unpaired) electrons. The Morgan fingerprint density at radius 1 is 1.38 bits per heavy atom. The van der Waals surface area contributed by atoms with Crippen LogP contribution in [0.25, 0.3) is 0 Å². The minimum absolute atomic E-state index is 0.346. The second-order valence-corrected chi connectivity index (χ2v) is 2.41. The van der Waals surface area contributed by atoms with Gasteiger partial charge in [-0.15, -0.1) is 0 Å². The molecule has 0 saturated heterocycles. The Morgan fingerprint density at radius 3 is 2.31 bits per heavy atom. The predicted octanol–water partition coefficient (Wildman–Crippen LogP) is 1.11. The minimum atomic E-state index is -0.496. The van der Waals surface area contributed by atoms with Crippen molar-refractivity contribution in [1.29, 1.82) is 0 Å². The normalized spacial score (nSPS) is 11.9. The number of esters is 1. The lowest BCUT2D eigenvalue weighted by Gasteiger charge is -2.09. The first kappa shape index (κ1) is 12.1. The van der Waals surface area contributed by atoms with Crippen molar-refractivity contribution in [2.24, 2.45) is 0 Å². The van der Waals surface area contributed by atoms with Gasteiger partial charge >= 0.3 is 5.97 Å². The highest BCUT2D eigenvalue weighted by atomic mass is 16.7. The lowest BCUT2D eigenvalue weighted by atomic mass is 10.3. The van der Waals surface area contributed by atoms with E-state index in [0.717, 1.165) is 0 Å². The van der Waals surface area contributed by atoms with E-state index in [1.165, 1.54) is 14.2 Å². The first-order valence-electron chi connectivity index (χ1n) is 4.06. The number of hydrogen-bond acceptors (Lipinski definition) is 4. The SMILES string of the molecule is CCOC(=O)C(C)=CC(OC)OC. The van der Waals surface area contributed by atoms with E-state index in [0.29, 0.717) is 12.2 Å². The molecule has 0 aromatic rings. The summed E-state index contributed by atoms with van der Waals surface area (Å²) in [4.78, 5) is 11.1. The lowest BCUT2D eigenvalue weighted by Crippen LogP contribution is -2.13. The maximum Gasteiger partial charge on any atom is 0.333 e. The van der Waals surface area contributed by atoms with Gasteiger partial charge in [-0.2, -0.15) is 0 Å². The van der Waals surface area contributed by atoms with Gasteiger partial charge in [0.05, 0.1) is 6.61 Å². The lowest BCUT2D eigenvalue weighted by molar-refractivity contribution is -0.138. The number of carbonyl (C=O) groups is 1. The molecule has 0 aliphatic carbocycles. The molecule has 0 unspecified atom stereocenters. The zero-order chi connectivity index (χ0) is 10.3. The summed E-state index contributed by atoms with van der Waals surface area (Å²) >= 11 is 0. The topological polar surface area (TPSA) is 44.8 Å². The van der Waals surface area contributed by atoms with Crippen molar-refractivity contribution >= 4 is 5.97 Å². The molecule has 0 aliphatic rings. The van der Waals surface area contributed by atoms with Crippen LogP contribution in [0.5, 0.6) is 0 Å². The van der Waals surface area contributed by atoms with Crippen molar-refractivity contribution in [3.05, 3.63) is 11.6 Å². The molecular formula is C9H16O4. The molecule has 0 aromatic heterocycles. The molecule has 13 heavy (non-hydrogen) atoms. The standard InChI is InChI=1S/C9H16O4/c1-5-13-9(10)7(2)6-8(11-3)12-4/h6,8H,5H2,1-4H3. The van der Waals surface area contributed by atoms with Crippen LogP contribution in [-0.2, 0) is 19.0 Å². The van der Waals surface area contributed by atoms with E-state index in [2.05, 4.69) is 0 Å². The van der Waals surface area contributed by atoms with Gasteiger partial charge in [-0.05, 0) is 19.9 Å². The van der Waals surface area contributed by atoms with Crippen LogP contribution < -0.4 is 0 Å². The maximum atomic E-state index is 11.1. The van der Waals surface area contributed by atoms with Crippen LogP contribution in [-0.4, -0.2) is 33.1 Å². The third-order valence-electron chi connectivity index (χ3n) is 1.45. The van der Waals surface area contributed by atoms with Crippen molar-refractivity contribution < 1.29 is 19.0 Å². The molecule has 0 heterocycles. The average Bonchev–Trinajstić information content (AvgIpc) is 2.14. The molecule has 4 heteroatoms. The van der Waals surface area contributed by atoms with Gasteiger partial charge in [-0.1, -0.05) is 0 Å². The Bertz CT molecular complexity index is 182. The van der Waals surface area contributed by atoms with Crippen LogP contribution >= 0.6 is 0 Å². The fraction of sp³-hybridized carbons (Fsp3) is 0.667. The number of carbonyl (C=O) groups excluding carboxylic acids is 1. The summed E-state index contributed by atoms with van der Waals surface area (Å²) in [5.74, 6) is -0.346. The summed E-state index contributed by atoms with van der Waals surface area (Å²) in [6.45, 7) is 3.78. The highest BCUT2D eigenvalue weighted by molar-refractivity contribution is 5.87. The van der Waals surface area contributed by atoms with Crippen LogP contribution in [0, 0.1) is 0 Å². The first-order valence-corrected chi connectivity index (χ1v) is 4.06. The van der Waals surface area contributed by atoms with Crippen LogP contribution in [0.1, 0.15) is 13.8 Å². The highest BCUT2D eigenvalue weighted by Crippen LogP contribution is 2.02. The average molecular weight is 188 g/mol. The number of rotatable bonds is 5. The summed E-state index contributed by atoms with van der Waals surface area (Å²) in [6, 6.07) is 0. The Morgan fingerprint density at radius 2 is 1.92 bits per heavy atom. The monoisotopic (exact) mass is 188 g/mol. The zero-order valence-electron chi connectivity index (χ0n) is 8.49. The van der Waals surface area contributed by atoms with E-state index in [4.69, 9.17) is 14.2 Å². The van der Waals surface area contributed by atoms with Crippen molar-refractivity contribution in [3.63, 3.8) is 0 Å². The molecule has 0 N–H and O–H groups in total. The van der Waals surface area contributed by atoms with Crippen LogP contribution in [0.15, 0.2) is 11.6 Å². The highest BCUT2D eigenvalue weighted by Gasteiger charge is 2.08. The van der Waals surface area contributed by atoms with E-state index in [1.54, 1.807) is 19.9 Å². The molecule has 0 fully saturated rings. The van der Waals surface area contributed by atoms with Gasteiger partial charge in [0.15, 0.2) is 6.29 Å². The molecule has 76 valence electrons. The molecule has 0 aliphatic heterocycles. The number of hydrogen-bond donors (Lipinski definition) is 0. The van der Waals surface area contributed by atoms with Crippen LogP contribution in [0.2, 0.25) is 0 Å². The molecule has 4 nitrogen and oxygen atoms in total. The maximum absolute atomic E-state index is 11.1. The van der Waals surface area contributed by atoms with Gasteiger partial charge in [0.1, 0.15) is 0 Å². The summed E-state index contributed by atoms with van der Waals surface area (Å²) in [7, 11) is 3.01. The van der Waals surface area contributed by atoms with E-state index in [1.807, 2.05) is 0 Å². The van der Waals surface area contributed by atoms with Gasteiger partial charge in [-0.25, -0.2) is 4.79 Å². The first-order chi connectivity index (χ1) is 6.15. The fourth-order valence-electron chi connectivity index (χ4n) is 0.749. The molecule has 0 aromatic carbocycles. The van der Waals surface area contributed by atoms with E-state index in [9.17, 15) is 4.79 Å². The van der Waals surface area contributed by atoms with Crippen LogP contribution in [0.3, 0.4) is 0 Å². The predicted molar refractivity (Wildman–Crippen MR) is 48.2 cm³/mol. The Kier molecular flexibility index (Phi) is 6.18. The summed E-state index contributed by atoms with van der Waals surface area (Å²) in [5.41, 5.74) is 0.482. The van der Waals surface area contributed by atoms with Crippen molar-refractivity contribution in [3.8, 4) is 0 Å². The van der Waals surface area contributed by atoms with Gasteiger partial charge in [0, 0.05) is 19.8 Å². The van der Waals surface area contributed by atoms with Gasteiger partial charge in [0.25, 0.3) is 0 Å². The smallest absolute Gasteiger partial charge is 0.333 e. The minimum Gasteiger partial charge on any atom is -0.463 e. The Balaban J connectivity index is 4.20. The molecule has 0 saturated carbocycles.